The second-order valence-electron chi connectivity index (χ2n) is 17.0. The summed E-state index contributed by atoms with van der Waals surface area (Å²) in [6.45, 7) is 3.50. The molecule has 16 nitrogen and oxygen atoms in total. The number of amides is 5. The lowest BCUT2D eigenvalue weighted by atomic mass is 9.71. The first-order valence-electron chi connectivity index (χ1n) is 22.1. The first-order chi connectivity index (χ1) is 33.0. The van der Waals surface area contributed by atoms with Gasteiger partial charge in [-0.1, -0.05) is 133 Å². The summed E-state index contributed by atoms with van der Waals surface area (Å²) in [6.07, 6.45) is -0.767. The number of rotatable bonds is 21. The van der Waals surface area contributed by atoms with Crippen LogP contribution in [0.25, 0.3) is 0 Å². The third-order valence-corrected chi connectivity index (χ3v) is 11.3. The molecule has 0 bridgehead atoms. The van der Waals surface area contributed by atoms with E-state index in [0.717, 1.165) is 7.11 Å². The van der Waals surface area contributed by atoms with Crippen molar-refractivity contribution in [3.8, 4) is 5.75 Å². The number of phenols is 1. The minimum atomic E-state index is -2.70. The normalized spacial score (nSPS) is 13.0. The van der Waals surface area contributed by atoms with Gasteiger partial charge in [-0.25, -0.2) is 9.59 Å². The average Bonchev–Trinajstić information content (AvgIpc) is 3.35. The molecule has 5 aromatic rings. The summed E-state index contributed by atoms with van der Waals surface area (Å²) in [7, 11) is 1.11. The fourth-order valence-corrected chi connectivity index (χ4v) is 8.16. The summed E-state index contributed by atoms with van der Waals surface area (Å²) in [4.78, 5) is 101. The number of hydrogen-bond donors (Lipinski definition) is 7. The molecule has 17 heteroatoms. The number of aromatic hydroxyl groups is 1. The fourth-order valence-electron chi connectivity index (χ4n) is 7.90. The van der Waals surface area contributed by atoms with Crippen LogP contribution >= 0.6 is 12.6 Å². The summed E-state index contributed by atoms with van der Waals surface area (Å²) in [6, 6.07) is 38.0. The smallest absolute Gasteiger partial charge is 0.344 e. The van der Waals surface area contributed by atoms with Crippen LogP contribution in [0.5, 0.6) is 5.75 Å². The third kappa shape index (κ3) is 12.9. The van der Waals surface area contributed by atoms with Crippen molar-refractivity contribution >= 4 is 54.1 Å². The molecular formula is C52H58N6O10S. The van der Waals surface area contributed by atoms with E-state index in [4.69, 9.17) is 15.2 Å². The summed E-state index contributed by atoms with van der Waals surface area (Å²) in [5.41, 5.74) is 1.61. The molecule has 5 rings (SSSR count). The molecule has 69 heavy (non-hydrogen) atoms. The first kappa shape index (κ1) is 52.5. The van der Waals surface area contributed by atoms with Crippen LogP contribution in [-0.4, -0.2) is 107 Å². The zero-order valence-corrected chi connectivity index (χ0v) is 39.7. The molecule has 2 unspecified atom stereocenters. The number of phenolic OH excluding ortho intramolecular Hbond substituents is 1. The highest BCUT2D eigenvalue weighted by Crippen LogP contribution is 2.48. The molecule has 0 radical (unpaired) electrons. The number of nitrogens with zero attached hydrogens (tertiary/aromatic N) is 1. The molecule has 3 atom stereocenters. The van der Waals surface area contributed by atoms with Gasteiger partial charge in [0.2, 0.25) is 35.1 Å². The predicted octanol–water partition coefficient (Wildman–Crippen LogP) is 3.34. The van der Waals surface area contributed by atoms with Crippen LogP contribution in [0, 0.1) is 0 Å². The molecular weight excluding hydrogens is 901 g/mol. The van der Waals surface area contributed by atoms with Crippen molar-refractivity contribution in [3.63, 3.8) is 0 Å². The Kier molecular flexibility index (Phi) is 18.2. The van der Waals surface area contributed by atoms with Crippen LogP contribution in [-0.2, 0) is 61.4 Å². The minimum absolute atomic E-state index is 0.0762. The number of carbonyl (C=O) groups is 7. The van der Waals surface area contributed by atoms with Crippen molar-refractivity contribution in [1.29, 1.82) is 0 Å². The maximum absolute atomic E-state index is 16.8. The predicted molar refractivity (Wildman–Crippen MR) is 261 cm³/mol. The second-order valence-corrected chi connectivity index (χ2v) is 17.4. The fraction of sp³-hybridized carbons (Fsp3) is 0.288. The number of benzene rings is 5. The number of thiol groups is 1. The molecule has 5 amide bonds. The zero-order valence-electron chi connectivity index (χ0n) is 38.8. The second kappa shape index (κ2) is 24.0. The minimum Gasteiger partial charge on any atom is -0.508 e. The van der Waals surface area contributed by atoms with Crippen LogP contribution in [0.2, 0.25) is 0 Å². The molecule has 5 aromatic carbocycles. The van der Waals surface area contributed by atoms with E-state index in [-0.39, 0.29) is 24.5 Å². The maximum atomic E-state index is 16.8. The molecule has 0 fully saturated rings. The molecule has 0 aliphatic carbocycles. The van der Waals surface area contributed by atoms with Crippen LogP contribution in [0.1, 0.15) is 48.6 Å². The van der Waals surface area contributed by atoms with Crippen molar-refractivity contribution in [2.24, 2.45) is 5.73 Å². The first-order valence-corrected chi connectivity index (χ1v) is 22.7. The molecule has 0 aliphatic heterocycles. The lowest BCUT2D eigenvalue weighted by Gasteiger charge is -2.53. The Labute approximate surface area is 406 Å². The van der Waals surface area contributed by atoms with E-state index >= 15 is 14.4 Å². The molecule has 362 valence electrons. The number of esters is 2. The average molecular weight is 959 g/mol. The molecule has 7 N–H and O–H groups in total. The van der Waals surface area contributed by atoms with Crippen LogP contribution in [0.4, 0.5) is 0 Å². The number of nitrogens with one attached hydrogen (secondary N) is 4. The van der Waals surface area contributed by atoms with Gasteiger partial charge in [0.25, 0.3) is 0 Å². The van der Waals surface area contributed by atoms with Gasteiger partial charge in [0.1, 0.15) is 29.0 Å². The van der Waals surface area contributed by atoms with Gasteiger partial charge in [0.05, 0.1) is 26.7 Å². The number of methoxy groups -OCH3 is 1. The molecule has 0 saturated heterocycles. The van der Waals surface area contributed by atoms with Gasteiger partial charge in [-0.2, -0.15) is 12.6 Å². The molecule has 0 aliphatic rings. The Morgan fingerprint density at radius 1 is 0.623 bits per heavy atom. The van der Waals surface area contributed by atoms with Crippen LogP contribution in [0.3, 0.4) is 0 Å². The third-order valence-electron chi connectivity index (χ3n) is 11.0. The standard InChI is InChI=1S/C52H58N6O10S/c1-50(2,3)68-49(66)51(48(65)67-4,30-36-17-9-5-10-18-36)58(52(37-19-11-6-12-20-37,38-21-13-7-14-22-38)39-23-15-8-16-24-39)47(64)41(29-35-25-27-40(59)28-26-35)57-46(63)42(34-69)56-45(62)33-55-44(61)32-54-43(60)31-53/h5-28,41-42,59,69H,29-34,53H2,1-4H3,(H,54,60)(H,55,61)(H,56,62)(H,57,63)/t41?,42?,51-/m0/s1. The number of hydrogen-bond acceptors (Lipinski definition) is 12. The lowest BCUT2D eigenvalue weighted by molar-refractivity contribution is -0.190. The molecule has 0 spiro atoms. The summed E-state index contributed by atoms with van der Waals surface area (Å²) in [5, 5.41) is 20.3. The van der Waals surface area contributed by atoms with Crippen molar-refractivity contribution in [2.75, 3.05) is 32.5 Å². The summed E-state index contributed by atoms with van der Waals surface area (Å²) < 4.78 is 11.9. The van der Waals surface area contributed by atoms with Crippen molar-refractivity contribution in [2.45, 2.75) is 62.4 Å². The highest BCUT2D eigenvalue weighted by molar-refractivity contribution is 7.80. The molecule has 0 saturated carbocycles. The monoisotopic (exact) mass is 958 g/mol. The largest absolute Gasteiger partial charge is 0.508 e. The maximum Gasteiger partial charge on any atom is 0.344 e. The Balaban J connectivity index is 1.83. The summed E-state index contributed by atoms with van der Waals surface area (Å²) >= 11 is 4.36. The van der Waals surface area contributed by atoms with Gasteiger partial charge < -0.3 is 41.6 Å². The van der Waals surface area contributed by atoms with E-state index in [2.05, 4.69) is 33.9 Å². The highest BCUT2D eigenvalue weighted by atomic mass is 32.1. The van der Waals surface area contributed by atoms with Gasteiger partial charge in [-0.3, -0.25) is 28.9 Å². The lowest BCUT2D eigenvalue weighted by Crippen LogP contribution is -2.73. The van der Waals surface area contributed by atoms with E-state index in [0.29, 0.717) is 27.8 Å². The number of carbonyl (C=O) groups excluding carboxylic acids is 7. The number of nitrogens with two attached hydrogens (primary N) is 1. The van der Waals surface area contributed by atoms with E-state index in [9.17, 15) is 24.3 Å². The van der Waals surface area contributed by atoms with Crippen molar-refractivity contribution in [1.82, 2.24) is 26.2 Å². The SMILES string of the molecule is COC(=O)[C@@](Cc1ccccc1)(C(=O)OC(C)(C)C)N(C(=O)C(Cc1ccc(O)cc1)NC(=O)C(CS)NC(=O)CNC(=O)CNC(=O)CN)C(c1ccccc1)(c1ccccc1)c1ccccc1. The van der Waals surface area contributed by atoms with Gasteiger partial charge in [0.15, 0.2) is 0 Å². The molecule has 0 aromatic heterocycles. The van der Waals surface area contributed by atoms with Gasteiger partial charge in [-0.05, 0) is 60.7 Å². The van der Waals surface area contributed by atoms with E-state index in [1.807, 2.05) is 0 Å². The Morgan fingerprint density at radius 3 is 1.57 bits per heavy atom. The van der Waals surface area contributed by atoms with Crippen molar-refractivity contribution in [3.05, 3.63) is 173 Å². The van der Waals surface area contributed by atoms with Crippen LogP contribution in [0.15, 0.2) is 146 Å². The Hall–Kier alpha value is -7.50. The van der Waals surface area contributed by atoms with Crippen LogP contribution < -0.4 is 27.0 Å². The van der Waals surface area contributed by atoms with E-state index < -0.39 is 89.7 Å². The van der Waals surface area contributed by atoms with Crippen molar-refractivity contribution < 1.29 is 48.1 Å². The van der Waals surface area contributed by atoms with Gasteiger partial charge >= 0.3 is 11.9 Å². The van der Waals surface area contributed by atoms with E-state index in [1.54, 1.807) is 154 Å². The number of ether oxygens (including phenoxy) is 2. The zero-order chi connectivity index (χ0) is 50.2. The van der Waals surface area contributed by atoms with Gasteiger partial charge in [0, 0.05) is 18.6 Å². The quantitative estimate of drug-likeness (QED) is 0.0244. The van der Waals surface area contributed by atoms with E-state index in [1.165, 1.54) is 17.0 Å². The summed E-state index contributed by atoms with van der Waals surface area (Å²) in [5.74, 6) is -6.60. The highest BCUT2D eigenvalue weighted by Gasteiger charge is 2.64. The topological polar surface area (TPSA) is 236 Å². The Morgan fingerprint density at radius 2 is 1.10 bits per heavy atom. The van der Waals surface area contributed by atoms with Gasteiger partial charge in [-0.15, -0.1) is 0 Å². The molecule has 0 heterocycles. The Bertz CT molecular complexity index is 2450.